The summed E-state index contributed by atoms with van der Waals surface area (Å²) in [6.45, 7) is 0. The molecule has 0 bridgehead atoms. The standard InChI is InChI=1S/C15H11BrN2O2/c1-19-13-7-3-4-10(9-13)14-17-15(20-18-14)11-5-2-6-12(16)8-11/h2-9H,1H3. The Morgan fingerprint density at radius 2 is 1.85 bits per heavy atom. The Labute approximate surface area is 124 Å². The minimum absolute atomic E-state index is 0.490. The van der Waals surface area contributed by atoms with Crippen molar-refractivity contribution < 1.29 is 9.26 Å². The molecule has 1 aromatic heterocycles. The first-order valence-corrected chi connectivity index (χ1v) is 6.79. The van der Waals surface area contributed by atoms with Crippen LogP contribution in [0.2, 0.25) is 0 Å². The van der Waals surface area contributed by atoms with E-state index in [-0.39, 0.29) is 0 Å². The normalized spacial score (nSPS) is 10.5. The average Bonchev–Trinajstić information content (AvgIpc) is 2.97. The molecule has 0 radical (unpaired) electrons. The maximum atomic E-state index is 5.31. The quantitative estimate of drug-likeness (QED) is 0.723. The molecule has 5 heteroatoms. The molecule has 0 atom stereocenters. The highest BCUT2D eigenvalue weighted by atomic mass is 79.9. The van der Waals surface area contributed by atoms with E-state index in [4.69, 9.17) is 9.26 Å². The van der Waals surface area contributed by atoms with Gasteiger partial charge in [-0.3, -0.25) is 0 Å². The SMILES string of the molecule is COc1cccc(-c2noc(-c3cccc(Br)c3)n2)c1. The van der Waals surface area contributed by atoms with Gasteiger partial charge in [-0.15, -0.1) is 0 Å². The van der Waals surface area contributed by atoms with Gasteiger partial charge in [0.1, 0.15) is 5.75 Å². The number of methoxy groups -OCH3 is 1. The summed E-state index contributed by atoms with van der Waals surface area (Å²) >= 11 is 3.42. The summed E-state index contributed by atoms with van der Waals surface area (Å²) in [7, 11) is 1.63. The Hall–Kier alpha value is -2.14. The fraction of sp³-hybridized carbons (Fsp3) is 0.0667. The Kier molecular flexibility index (Phi) is 3.52. The zero-order chi connectivity index (χ0) is 13.9. The van der Waals surface area contributed by atoms with Crippen molar-refractivity contribution in [2.24, 2.45) is 0 Å². The number of hydrogen-bond donors (Lipinski definition) is 0. The lowest BCUT2D eigenvalue weighted by Gasteiger charge is -1.99. The maximum Gasteiger partial charge on any atom is 0.258 e. The molecule has 20 heavy (non-hydrogen) atoms. The number of hydrogen-bond acceptors (Lipinski definition) is 4. The molecule has 3 aromatic rings. The number of ether oxygens (including phenoxy) is 1. The van der Waals surface area contributed by atoms with Gasteiger partial charge in [-0.2, -0.15) is 4.98 Å². The van der Waals surface area contributed by atoms with Gasteiger partial charge < -0.3 is 9.26 Å². The smallest absolute Gasteiger partial charge is 0.258 e. The molecule has 0 unspecified atom stereocenters. The van der Waals surface area contributed by atoms with Crippen LogP contribution in [0.5, 0.6) is 5.75 Å². The largest absolute Gasteiger partial charge is 0.497 e. The molecule has 0 aliphatic rings. The van der Waals surface area contributed by atoms with E-state index in [1.54, 1.807) is 7.11 Å². The highest BCUT2D eigenvalue weighted by Crippen LogP contribution is 2.26. The maximum absolute atomic E-state index is 5.31. The Bertz CT molecular complexity index is 740. The van der Waals surface area contributed by atoms with Crippen LogP contribution in [0, 0.1) is 0 Å². The van der Waals surface area contributed by atoms with Gasteiger partial charge in [0, 0.05) is 15.6 Å². The molecule has 0 saturated heterocycles. The third kappa shape index (κ3) is 2.58. The van der Waals surface area contributed by atoms with Crippen molar-refractivity contribution in [1.82, 2.24) is 10.1 Å². The summed E-state index contributed by atoms with van der Waals surface area (Å²) in [4.78, 5) is 4.41. The minimum atomic E-state index is 0.490. The van der Waals surface area contributed by atoms with E-state index in [9.17, 15) is 0 Å². The second-order valence-corrected chi connectivity index (χ2v) is 5.08. The first kappa shape index (κ1) is 12.9. The van der Waals surface area contributed by atoms with Crippen molar-refractivity contribution in [3.05, 3.63) is 53.0 Å². The van der Waals surface area contributed by atoms with Crippen molar-refractivity contribution >= 4 is 15.9 Å². The lowest BCUT2D eigenvalue weighted by molar-refractivity contribution is 0.414. The summed E-state index contributed by atoms with van der Waals surface area (Å²) in [6.07, 6.45) is 0. The van der Waals surface area contributed by atoms with Crippen LogP contribution in [0.1, 0.15) is 0 Å². The van der Waals surface area contributed by atoms with Crippen molar-refractivity contribution in [3.63, 3.8) is 0 Å². The highest BCUT2D eigenvalue weighted by Gasteiger charge is 2.11. The summed E-state index contributed by atoms with van der Waals surface area (Å²) in [5.74, 6) is 1.79. The van der Waals surface area contributed by atoms with Crippen LogP contribution >= 0.6 is 15.9 Å². The van der Waals surface area contributed by atoms with Crippen molar-refractivity contribution in [3.8, 4) is 28.6 Å². The van der Waals surface area contributed by atoms with Gasteiger partial charge in [0.15, 0.2) is 0 Å². The lowest BCUT2D eigenvalue weighted by Crippen LogP contribution is -1.85. The van der Waals surface area contributed by atoms with Crippen LogP contribution in [0.4, 0.5) is 0 Å². The van der Waals surface area contributed by atoms with Gasteiger partial charge in [0.05, 0.1) is 7.11 Å². The van der Waals surface area contributed by atoms with Gasteiger partial charge in [-0.25, -0.2) is 0 Å². The molecular formula is C15H11BrN2O2. The summed E-state index contributed by atoms with van der Waals surface area (Å²) in [5.41, 5.74) is 1.73. The molecule has 4 nitrogen and oxygen atoms in total. The molecular weight excluding hydrogens is 320 g/mol. The molecule has 0 aliphatic heterocycles. The van der Waals surface area contributed by atoms with Gasteiger partial charge in [0.2, 0.25) is 5.82 Å². The molecule has 2 aromatic carbocycles. The number of halogens is 1. The van der Waals surface area contributed by atoms with E-state index in [0.717, 1.165) is 21.3 Å². The molecule has 0 spiro atoms. The number of nitrogens with zero attached hydrogens (tertiary/aromatic N) is 2. The van der Waals surface area contributed by atoms with Crippen molar-refractivity contribution in [1.29, 1.82) is 0 Å². The van der Waals surface area contributed by atoms with Crippen LogP contribution in [-0.4, -0.2) is 17.3 Å². The highest BCUT2D eigenvalue weighted by molar-refractivity contribution is 9.10. The van der Waals surface area contributed by atoms with E-state index >= 15 is 0 Å². The summed E-state index contributed by atoms with van der Waals surface area (Å²) in [6, 6.07) is 15.3. The summed E-state index contributed by atoms with van der Waals surface area (Å²) in [5, 5.41) is 4.01. The summed E-state index contributed by atoms with van der Waals surface area (Å²) < 4.78 is 11.5. The zero-order valence-electron chi connectivity index (χ0n) is 10.7. The van der Waals surface area contributed by atoms with Crippen LogP contribution < -0.4 is 4.74 Å². The van der Waals surface area contributed by atoms with Crippen LogP contribution in [0.15, 0.2) is 57.5 Å². The second-order valence-electron chi connectivity index (χ2n) is 4.17. The van der Waals surface area contributed by atoms with E-state index in [1.165, 1.54) is 0 Å². The van der Waals surface area contributed by atoms with E-state index in [1.807, 2.05) is 48.5 Å². The molecule has 0 amide bonds. The molecule has 0 saturated carbocycles. The average molecular weight is 331 g/mol. The van der Waals surface area contributed by atoms with E-state index < -0.39 is 0 Å². The molecule has 100 valence electrons. The van der Waals surface area contributed by atoms with Crippen LogP contribution in [-0.2, 0) is 0 Å². The Balaban J connectivity index is 1.97. The predicted molar refractivity (Wildman–Crippen MR) is 79.4 cm³/mol. The van der Waals surface area contributed by atoms with E-state index in [2.05, 4.69) is 26.1 Å². The van der Waals surface area contributed by atoms with Crippen molar-refractivity contribution in [2.45, 2.75) is 0 Å². The van der Waals surface area contributed by atoms with Gasteiger partial charge >= 0.3 is 0 Å². The lowest BCUT2D eigenvalue weighted by atomic mass is 10.2. The first-order chi connectivity index (χ1) is 9.76. The molecule has 0 N–H and O–H groups in total. The molecule has 3 rings (SSSR count). The monoisotopic (exact) mass is 330 g/mol. The third-order valence-corrected chi connectivity index (χ3v) is 3.32. The zero-order valence-corrected chi connectivity index (χ0v) is 12.3. The predicted octanol–water partition coefficient (Wildman–Crippen LogP) is 4.17. The third-order valence-electron chi connectivity index (χ3n) is 2.83. The van der Waals surface area contributed by atoms with Crippen LogP contribution in [0.3, 0.4) is 0 Å². The van der Waals surface area contributed by atoms with Gasteiger partial charge in [-0.05, 0) is 30.3 Å². The fourth-order valence-electron chi connectivity index (χ4n) is 1.84. The Morgan fingerprint density at radius 3 is 2.65 bits per heavy atom. The second kappa shape index (κ2) is 5.46. The minimum Gasteiger partial charge on any atom is -0.497 e. The molecule has 0 aliphatic carbocycles. The number of aromatic nitrogens is 2. The number of benzene rings is 2. The fourth-order valence-corrected chi connectivity index (χ4v) is 2.24. The first-order valence-electron chi connectivity index (χ1n) is 6.00. The topological polar surface area (TPSA) is 48.2 Å². The van der Waals surface area contributed by atoms with Crippen LogP contribution in [0.25, 0.3) is 22.8 Å². The van der Waals surface area contributed by atoms with Crippen molar-refractivity contribution in [2.75, 3.05) is 7.11 Å². The van der Waals surface area contributed by atoms with E-state index in [0.29, 0.717) is 11.7 Å². The van der Waals surface area contributed by atoms with Gasteiger partial charge in [0.25, 0.3) is 5.89 Å². The van der Waals surface area contributed by atoms with Gasteiger partial charge in [-0.1, -0.05) is 39.3 Å². The number of rotatable bonds is 3. The molecule has 1 heterocycles. The Morgan fingerprint density at radius 1 is 1.05 bits per heavy atom. The molecule has 0 fully saturated rings.